The predicted octanol–water partition coefficient (Wildman–Crippen LogP) is 3.54. The summed E-state index contributed by atoms with van der Waals surface area (Å²) in [5, 5.41) is 5.60. The molecular formula is C12H20ClNS. The Labute approximate surface area is 102 Å². The molecule has 0 aliphatic rings. The highest BCUT2D eigenvalue weighted by atomic mass is 35.5. The molecule has 1 unspecified atom stereocenters. The maximum Gasteiger partial charge on any atom is 0.0249 e. The number of rotatable bonds is 8. The zero-order valence-corrected chi connectivity index (χ0v) is 10.9. The number of hydrogen-bond acceptors (Lipinski definition) is 2. The molecule has 1 aromatic rings. The molecule has 0 amide bonds. The summed E-state index contributed by atoms with van der Waals surface area (Å²) in [6.45, 7) is 4.42. The first-order chi connectivity index (χ1) is 7.33. The maximum absolute atomic E-state index is 5.74. The van der Waals surface area contributed by atoms with Crippen LogP contribution in [0.4, 0.5) is 0 Å². The molecular weight excluding hydrogens is 226 g/mol. The second-order valence-corrected chi connectivity index (χ2v) is 5.32. The maximum atomic E-state index is 5.74. The minimum absolute atomic E-state index is 0.658. The smallest absolute Gasteiger partial charge is 0.0249 e. The van der Waals surface area contributed by atoms with Crippen molar-refractivity contribution in [3.8, 4) is 0 Å². The van der Waals surface area contributed by atoms with Crippen LogP contribution in [0.2, 0.25) is 0 Å². The monoisotopic (exact) mass is 245 g/mol. The first kappa shape index (κ1) is 13.0. The van der Waals surface area contributed by atoms with Crippen molar-refractivity contribution in [3.05, 3.63) is 22.4 Å². The van der Waals surface area contributed by atoms with E-state index in [1.807, 2.05) is 11.3 Å². The molecule has 0 bridgehead atoms. The second-order valence-electron chi connectivity index (χ2n) is 3.98. The van der Waals surface area contributed by atoms with E-state index in [2.05, 4.69) is 29.8 Å². The fourth-order valence-electron chi connectivity index (χ4n) is 1.44. The Morgan fingerprint density at radius 3 is 3.00 bits per heavy atom. The van der Waals surface area contributed by atoms with Gasteiger partial charge in [-0.3, -0.25) is 0 Å². The van der Waals surface area contributed by atoms with Crippen molar-refractivity contribution < 1.29 is 0 Å². The van der Waals surface area contributed by atoms with E-state index in [1.54, 1.807) is 0 Å². The number of alkyl halides is 1. The molecule has 3 heteroatoms. The van der Waals surface area contributed by atoms with Crippen molar-refractivity contribution in [3.63, 3.8) is 0 Å². The van der Waals surface area contributed by atoms with Gasteiger partial charge in [0, 0.05) is 10.8 Å². The van der Waals surface area contributed by atoms with Crippen LogP contribution in [0.5, 0.6) is 0 Å². The normalized spacial score (nSPS) is 12.9. The van der Waals surface area contributed by atoms with E-state index in [9.17, 15) is 0 Å². The van der Waals surface area contributed by atoms with Gasteiger partial charge in [0.25, 0.3) is 0 Å². The van der Waals surface area contributed by atoms with Gasteiger partial charge in [-0.05, 0) is 49.7 Å². The number of halogens is 1. The highest BCUT2D eigenvalue weighted by Crippen LogP contribution is 2.08. The van der Waals surface area contributed by atoms with Gasteiger partial charge in [-0.15, -0.1) is 22.9 Å². The summed E-state index contributed by atoms with van der Waals surface area (Å²) < 4.78 is 0. The van der Waals surface area contributed by atoms with E-state index < -0.39 is 0 Å². The molecule has 0 radical (unpaired) electrons. The standard InChI is InChI=1S/C12H20ClNS/c1-11(10-13)4-2-7-14-8-6-12-5-3-9-15-12/h3,5,9,11,14H,2,4,6-8,10H2,1H3. The van der Waals surface area contributed by atoms with Crippen LogP contribution < -0.4 is 5.32 Å². The second kappa shape index (κ2) is 8.14. The summed E-state index contributed by atoms with van der Waals surface area (Å²) >= 11 is 7.58. The lowest BCUT2D eigenvalue weighted by Crippen LogP contribution is -2.18. The number of nitrogens with one attached hydrogen (secondary N) is 1. The Morgan fingerprint density at radius 1 is 1.47 bits per heavy atom. The Bertz CT molecular complexity index is 236. The van der Waals surface area contributed by atoms with Gasteiger partial charge in [-0.2, -0.15) is 0 Å². The van der Waals surface area contributed by atoms with E-state index in [0.29, 0.717) is 5.92 Å². The van der Waals surface area contributed by atoms with Crippen LogP contribution in [0, 0.1) is 5.92 Å². The predicted molar refractivity (Wildman–Crippen MR) is 70.0 cm³/mol. The summed E-state index contributed by atoms with van der Waals surface area (Å²) in [7, 11) is 0. The highest BCUT2D eigenvalue weighted by Gasteiger charge is 1.98. The fourth-order valence-corrected chi connectivity index (χ4v) is 2.31. The third-order valence-corrected chi connectivity index (χ3v) is 3.91. The molecule has 0 saturated carbocycles. The molecule has 1 rings (SSSR count). The molecule has 1 atom stereocenters. The van der Waals surface area contributed by atoms with E-state index in [1.165, 1.54) is 17.7 Å². The van der Waals surface area contributed by atoms with Crippen molar-refractivity contribution in [2.24, 2.45) is 5.92 Å². The van der Waals surface area contributed by atoms with Crippen molar-refractivity contribution in [1.29, 1.82) is 0 Å². The van der Waals surface area contributed by atoms with Crippen LogP contribution in [0.15, 0.2) is 17.5 Å². The number of hydrogen-bond donors (Lipinski definition) is 1. The lowest BCUT2D eigenvalue weighted by atomic mass is 10.1. The molecule has 0 aliphatic heterocycles. The SMILES string of the molecule is CC(CCl)CCCNCCc1cccs1. The van der Waals surface area contributed by atoms with Crippen molar-refractivity contribution in [1.82, 2.24) is 5.32 Å². The van der Waals surface area contributed by atoms with Crippen molar-refractivity contribution in [2.45, 2.75) is 26.2 Å². The van der Waals surface area contributed by atoms with Crippen LogP contribution in [0.25, 0.3) is 0 Å². The fraction of sp³-hybridized carbons (Fsp3) is 0.667. The zero-order valence-electron chi connectivity index (χ0n) is 9.34. The third kappa shape index (κ3) is 6.18. The van der Waals surface area contributed by atoms with Crippen LogP contribution in [-0.2, 0) is 6.42 Å². The van der Waals surface area contributed by atoms with Crippen LogP contribution >= 0.6 is 22.9 Å². The van der Waals surface area contributed by atoms with Gasteiger partial charge in [0.2, 0.25) is 0 Å². The molecule has 0 saturated heterocycles. The molecule has 0 fully saturated rings. The largest absolute Gasteiger partial charge is 0.316 e. The Kier molecular flexibility index (Phi) is 7.07. The van der Waals surface area contributed by atoms with E-state index >= 15 is 0 Å². The van der Waals surface area contributed by atoms with Crippen molar-refractivity contribution in [2.75, 3.05) is 19.0 Å². The summed E-state index contributed by atoms with van der Waals surface area (Å²) in [5.74, 6) is 1.45. The molecule has 15 heavy (non-hydrogen) atoms. The average Bonchev–Trinajstić information content (AvgIpc) is 2.75. The molecule has 86 valence electrons. The first-order valence-corrected chi connectivity index (χ1v) is 7.03. The minimum Gasteiger partial charge on any atom is -0.316 e. The average molecular weight is 246 g/mol. The molecule has 0 aliphatic carbocycles. The Balaban J connectivity index is 1.89. The molecule has 1 heterocycles. The summed E-state index contributed by atoms with van der Waals surface area (Å²) in [5.41, 5.74) is 0. The first-order valence-electron chi connectivity index (χ1n) is 5.62. The quantitative estimate of drug-likeness (QED) is 0.546. The number of thiophene rings is 1. The third-order valence-electron chi connectivity index (χ3n) is 2.44. The summed E-state index contributed by atoms with van der Waals surface area (Å²) in [4.78, 5) is 1.47. The van der Waals surface area contributed by atoms with Gasteiger partial charge in [-0.25, -0.2) is 0 Å². The molecule has 1 nitrogen and oxygen atoms in total. The van der Waals surface area contributed by atoms with E-state index in [-0.39, 0.29) is 0 Å². The van der Waals surface area contributed by atoms with Crippen molar-refractivity contribution >= 4 is 22.9 Å². The van der Waals surface area contributed by atoms with Gasteiger partial charge in [-0.1, -0.05) is 13.0 Å². The molecule has 1 aromatic heterocycles. The van der Waals surface area contributed by atoms with Gasteiger partial charge in [0.05, 0.1) is 0 Å². The molecule has 1 N–H and O–H groups in total. The molecule has 0 aromatic carbocycles. The van der Waals surface area contributed by atoms with E-state index in [0.717, 1.165) is 25.4 Å². The van der Waals surface area contributed by atoms with Gasteiger partial charge < -0.3 is 5.32 Å². The summed E-state index contributed by atoms with van der Waals surface area (Å²) in [6.07, 6.45) is 3.62. The van der Waals surface area contributed by atoms with Crippen LogP contribution in [0.3, 0.4) is 0 Å². The summed E-state index contributed by atoms with van der Waals surface area (Å²) in [6, 6.07) is 4.31. The highest BCUT2D eigenvalue weighted by molar-refractivity contribution is 7.09. The lowest BCUT2D eigenvalue weighted by molar-refractivity contribution is 0.533. The van der Waals surface area contributed by atoms with E-state index in [4.69, 9.17) is 11.6 Å². The van der Waals surface area contributed by atoms with Gasteiger partial charge >= 0.3 is 0 Å². The topological polar surface area (TPSA) is 12.0 Å². The van der Waals surface area contributed by atoms with Gasteiger partial charge in [0.15, 0.2) is 0 Å². The zero-order chi connectivity index (χ0) is 10.9. The van der Waals surface area contributed by atoms with Crippen LogP contribution in [0.1, 0.15) is 24.6 Å². The lowest BCUT2D eigenvalue weighted by Gasteiger charge is -2.07. The minimum atomic E-state index is 0.658. The molecule has 0 spiro atoms. The van der Waals surface area contributed by atoms with Gasteiger partial charge in [0.1, 0.15) is 0 Å². The Hall–Kier alpha value is -0.0500. The Morgan fingerprint density at radius 2 is 2.33 bits per heavy atom. The van der Waals surface area contributed by atoms with Crippen LogP contribution in [-0.4, -0.2) is 19.0 Å².